The molecule has 0 aliphatic heterocycles. The Hall–Kier alpha value is -4.79. The van der Waals surface area contributed by atoms with E-state index in [1.165, 1.54) is 0 Å². The van der Waals surface area contributed by atoms with Gasteiger partial charge in [-0.05, 0) is 77.0 Å². The largest absolute Gasteiger partial charge is 0.477 e. The van der Waals surface area contributed by atoms with Gasteiger partial charge in [0.2, 0.25) is 0 Å². The van der Waals surface area contributed by atoms with Gasteiger partial charge >= 0.3 is 17.9 Å². The average Bonchev–Trinajstić information content (AvgIpc) is 3.21. The maximum Gasteiger partial charge on any atom is 0.362 e. The number of likely N-dealkylation sites (N-methyl/N-ethyl adjacent to an activating group) is 1. The third-order valence-corrected chi connectivity index (χ3v) is 8.61. The number of quaternary nitrogens is 1. The van der Waals surface area contributed by atoms with Crippen LogP contribution in [-0.2, 0) is 28.6 Å². The first-order valence-corrected chi connectivity index (χ1v) is 21.9. The molecule has 2 unspecified atom stereocenters. The minimum absolute atomic E-state index is 0.00309. The Morgan fingerprint density at radius 1 is 0.517 bits per heavy atom. The highest BCUT2D eigenvalue weighted by Gasteiger charge is 2.31. The lowest BCUT2D eigenvalue weighted by atomic mass is 10.1. The van der Waals surface area contributed by atoms with E-state index in [0.717, 1.165) is 64.2 Å². The molecule has 8 heteroatoms. The number of esters is 2. The quantitative estimate of drug-likeness (QED) is 0.0221. The van der Waals surface area contributed by atoms with E-state index in [9.17, 15) is 19.5 Å². The Kier molecular flexibility index (Phi) is 37.7. The number of rotatable bonds is 36. The van der Waals surface area contributed by atoms with Gasteiger partial charge in [-0.3, -0.25) is 9.59 Å². The monoisotopic (exact) mass is 829 g/mol. The SMILES string of the molecule is CC/C=C/C=C/C=C/C=C/C=C/CCCC(=O)OCC(COCCC(C(=O)O)[N+](C)(C)C)OC(=O)CCC/C=C/C/C=C/C/C=C/C/C=C/C/C=C/C/C=C/C/C=C/CC. The van der Waals surface area contributed by atoms with E-state index < -0.39 is 24.1 Å². The topological polar surface area (TPSA) is 99.1 Å². The Morgan fingerprint density at radius 3 is 1.40 bits per heavy atom. The van der Waals surface area contributed by atoms with Crippen molar-refractivity contribution in [3.63, 3.8) is 0 Å². The molecule has 60 heavy (non-hydrogen) atoms. The zero-order valence-corrected chi connectivity index (χ0v) is 37.6. The van der Waals surface area contributed by atoms with Crippen LogP contribution in [0, 0.1) is 0 Å². The smallest absolute Gasteiger partial charge is 0.362 e. The number of carbonyl (C=O) groups is 3. The fourth-order valence-corrected chi connectivity index (χ4v) is 5.28. The Balaban J connectivity index is 4.57. The van der Waals surface area contributed by atoms with Crippen molar-refractivity contribution in [2.45, 2.75) is 122 Å². The molecule has 0 saturated heterocycles. The predicted molar refractivity (Wildman–Crippen MR) is 251 cm³/mol. The lowest BCUT2D eigenvalue weighted by Gasteiger charge is -2.31. The minimum atomic E-state index is -0.902. The number of allylic oxidation sites excluding steroid dienone is 24. The second kappa shape index (κ2) is 41.0. The number of hydrogen-bond acceptors (Lipinski definition) is 6. The standard InChI is InChI=1S/C52H77NO7/c1-6-8-10-12-14-16-18-20-21-22-23-24-25-26-27-28-29-31-33-35-37-39-41-43-51(55)60-48(46-58-45-44-49(52(56)57)53(3,4)5)47-59-50(54)42-40-38-36-34-32-30-19-17-15-13-11-9-7-2/h8-11,13-17,19-21,23-24,26-27,29-32,34-37,48-49H,6-7,12,18,22,25,28,33,38-47H2,1-5H3/p+1/b10-8+,11-9+,15-13+,16-14+,19-17+,21-20+,24-23+,27-26+,31-29+,32-30+,36-34+,37-35+. The summed E-state index contributed by atoms with van der Waals surface area (Å²) in [5.41, 5.74) is 0. The van der Waals surface area contributed by atoms with Gasteiger partial charge in [-0.25, -0.2) is 4.79 Å². The highest BCUT2D eigenvalue weighted by atomic mass is 16.6. The average molecular weight is 829 g/mol. The van der Waals surface area contributed by atoms with Crippen LogP contribution in [0.2, 0.25) is 0 Å². The van der Waals surface area contributed by atoms with Crippen molar-refractivity contribution in [1.82, 2.24) is 0 Å². The Bertz CT molecular complexity index is 1480. The van der Waals surface area contributed by atoms with Crippen molar-refractivity contribution in [2.24, 2.45) is 0 Å². The van der Waals surface area contributed by atoms with Gasteiger partial charge in [0.1, 0.15) is 6.61 Å². The highest BCUT2D eigenvalue weighted by Crippen LogP contribution is 2.10. The summed E-state index contributed by atoms with van der Waals surface area (Å²) in [6, 6.07) is -0.646. The molecule has 332 valence electrons. The highest BCUT2D eigenvalue weighted by molar-refractivity contribution is 5.72. The number of unbranched alkanes of at least 4 members (excludes halogenated alkanes) is 2. The number of carboxylic acid groups (broad SMARTS) is 1. The summed E-state index contributed by atoms with van der Waals surface area (Å²) in [7, 11) is 5.46. The van der Waals surface area contributed by atoms with Gasteiger partial charge in [-0.1, -0.05) is 160 Å². The van der Waals surface area contributed by atoms with Gasteiger partial charge < -0.3 is 23.8 Å². The molecule has 0 aromatic rings. The molecule has 0 saturated carbocycles. The van der Waals surface area contributed by atoms with Crippen LogP contribution in [0.5, 0.6) is 0 Å². The van der Waals surface area contributed by atoms with E-state index in [1.54, 1.807) is 0 Å². The molecule has 0 aromatic heterocycles. The molecule has 0 amide bonds. The summed E-state index contributed by atoms with van der Waals surface area (Å²) in [5, 5.41) is 9.61. The van der Waals surface area contributed by atoms with E-state index >= 15 is 0 Å². The number of aliphatic carboxylic acids is 1. The first-order valence-electron chi connectivity index (χ1n) is 21.9. The summed E-state index contributed by atoms with van der Waals surface area (Å²) in [5.74, 6) is -1.67. The molecule has 0 bridgehead atoms. The Morgan fingerprint density at radius 2 is 0.933 bits per heavy atom. The van der Waals surface area contributed by atoms with E-state index in [2.05, 4.69) is 105 Å². The molecule has 8 nitrogen and oxygen atoms in total. The van der Waals surface area contributed by atoms with Crippen molar-refractivity contribution in [3.8, 4) is 0 Å². The zero-order chi connectivity index (χ0) is 44.2. The molecule has 1 N–H and O–H groups in total. The number of ether oxygens (including phenoxy) is 3. The second-order valence-electron chi connectivity index (χ2n) is 15.0. The maximum atomic E-state index is 12.7. The van der Waals surface area contributed by atoms with Crippen LogP contribution in [0.3, 0.4) is 0 Å². The fraction of sp³-hybridized carbons (Fsp3) is 0.481. The molecule has 0 spiro atoms. The van der Waals surface area contributed by atoms with Crippen LogP contribution in [0.4, 0.5) is 0 Å². The lowest BCUT2D eigenvalue weighted by Crippen LogP contribution is -2.50. The molecular weight excluding hydrogens is 751 g/mol. The summed E-state index contributed by atoms with van der Waals surface area (Å²) in [6.45, 7) is 4.29. The third-order valence-electron chi connectivity index (χ3n) is 8.61. The van der Waals surface area contributed by atoms with Crippen LogP contribution in [0.1, 0.15) is 110 Å². The molecule has 0 aliphatic carbocycles. The van der Waals surface area contributed by atoms with Crippen molar-refractivity contribution in [2.75, 3.05) is 41.0 Å². The third kappa shape index (κ3) is 38.7. The molecule has 0 aromatic carbocycles. The van der Waals surface area contributed by atoms with Crippen LogP contribution >= 0.6 is 0 Å². The number of hydrogen-bond donors (Lipinski definition) is 1. The summed E-state index contributed by atoms with van der Waals surface area (Å²) in [6.07, 6.45) is 60.6. The van der Waals surface area contributed by atoms with E-state index in [-0.39, 0.29) is 49.5 Å². The minimum Gasteiger partial charge on any atom is -0.477 e. The molecule has 0 aliphatic rings. The summed E-state index contributed by atoms with van der Waals surface area (Å²) >= 11 is 0. The number of carboxylic acids is 1. The summed E-state index contributed by atoms with van der Waals surface area (Å²) < 4.78 is 17.1. The maximum absolute atomic E-state index is 12.7. The van der Waals surface area contributed by atoms with Gasteiger partial charge in [0.15, 0.2) is 12.1 Å². The lowest BCUT2D eigenvalue weighted by molar-refractivity contribution is -0.887. The second-order valence-corrected chi connectivity index (χ2v) is 15.0. The van der Waals surface area contributed by atoms with Crippen molar-refractivity contribution < 1.29 is 38.2 Å². The van der Waals surface area contributed by atoms with E-state index in [0.29, 0.717) is 12.8 Å². The molecule has 0 fully saturated rings. The van der Waals surface area contributed by atoms with Gasteiger partial charge in [-0.15, -0.1) is 0 Å². The van der Waals surface area contributed by atoms with E-state index in [4.69, 9.17) is 14.2 Å². The zero-order valence-electron chi connectivity index (χ0n) is 37.6. The number of carbonyl (C=O) groups excluding carboxylic acids is 2. The first-order chi connectivity index (χ1) is 29.1. The molecule has 0 heterocycles. The van der Waals surface area contributed by atoms with Crippen LogP contribution in [0.25, 0.3) is 0 Å². The van der Waals surface area contributed by atoms with Gasteiger partial charge in [-0.2, -0.15) is 0 Å². The van der Waals surface area contributed by atoms with Crippen LogP contribution < -0.4 is 0 Å². The normalized spacial score (nSPS) is 14.3. The van der Waals surface area contributed by atoms with Crippen molar-refractivity contribution >= 4 is 17.9 Å². The molecular formula is C52H78NO7+. The molecule has 0 rings (SSSR count). The molecule has 2 atom stereocenters. The van der Waals surface area contributed by atoms with Crippen LogP contribution in [0.15, 0.2) is 146 Å². The summed E-state index contributed by atoms with van der Waals surface area (Å²) in [4.78, 5) is 36.9. The molecule has 0 radical (unpaired) electrons. The van der Waals surface area contributed by atoms with Crippen molar-refractivity contribution in [1.29, 1.82) is 0 Å². The van der Waals surface area contributed by atoms with Gasteiger partial charge in [0, 0.05) is 19.3 Å². The number of nitrogens with zero attached hydrogens (tertiary/aromatic N) is 1. The van der Waals surface area contributed by atoms with Crippen molar-refractivity contribution in [3.05, 3.63) is 146 Å². The van der Waals surface area contributed by atoms with Gasteiger partial charge in [0.05, 0.1) is 34.4 Å². The van der Waals surface area contributed by atoms with Gasteiger partial charge in [0.25, 0.3) is 0 Å². The first kappa shape index (κ1) is 55.2. The van der Waals surface area contributed by atoms with E-state index in [1.807, 2.05) is 75.8 Å². The fourth-order valence-electron chi connectivity index (χ4n) is 5.28. The van der Waals surface area contributed by atoms with Crippen LogP contribution in [-0.4, -0.2) is 80.6 Å². The predicted octanol–water partition coefficient (Wildman–Crippen LogP) is 12.2. The Labute approximate surface area is 364 Å².